The Morgan fingerprint density at radius 1 is 1.00 bits per heavy atom. The van der Waals surface area contributed by atoms with E-state index < -0.39 is 18.1 Å². The Labute approximate surface area is 240 Å². The Bertz CT molecular complexity index is 1480. The van der Waals surface area contributed by atoms with Gasteiger partial charge in [0.15, 0.2) is 0 Å². The molecule has 3 aromatic carbocycles. The average Bonchev–Trinajstić information content (AvgIpc) is 3.35. The van der Waals surface area contributed by atoms with Crippen molar-refractivity contribution < 1.29 is 14.4 Å². The van der Waals surface area contributed by atoms with Crippen molar-refractivity contribution in [3.63, 3.8) is 0 Å². The van der Waals surface area contributed by atoms with Crippen LogP contribution < -0.4 is 26.6 Å². The van der Waals surface area contributed by atoms with Gasteiger partial charge in [-0.15, -0.1) is 0 Å². The second kappa shape index (κ2) is 13.5. The van der Waals surface area contributed by atoms with Crippen molar-refractivity contribution in [3.8, 4) is 11.3 Å². The number of aromatic nitrogens is 2. The van der Waals surface area contributed by atoms with Crippen LogP contribution in [0, 0.1) is 0 Å². The molecule has 5 amide bonds. The highest BCUT2D eigenvalue weighted by molar-refractivity contribution is 6.32. The molecule has 4 aromatic rings. The topological polar surface area (TPSA) is 140 Å². The number of hydrogen-bond acceptors (Lipinski definition) is 4. The van der Waals surface area contributed by atoms with E-state index in [0.717, 1.165) is 11.1 Å². The Hall–Kier alpha value is -4.54. The summed E-state index contributed by atoms with van der Waals surface area (Å²) in [6.07, 6.45) is 1.05. The monoisotopic (exact) mass is 579 g/mol. The van der Waals surface area contributed by atoms with Crippen molar-refractivity contribution in [2.24, 2.45) is 0 Å². The number of carbonyl (C=O) groups is 3. The van der Waals surface area contributed by atoms with Crippen LogP contribution >= 0.6 is 23.2 Å². The van der Waals surface area contributed by atoms with Gasteiger partial charge >= 0.3 is 12.1 Å². The zero-order chi connectivity index (χ0) is 28.5. The second-order valence-electron chi connectivity index (χ2n) is 8.70. The van der Waals surface area contributed by atoms with Gasteiger partial charge in [0.25, 0.3) is 0 Å². The van der Waals surface area contributed by atoms with E-state index in [1.807, 2.05) is 30.3 Å². The van der Waals surface area contributed by atoms with E-state index in [1.54, 1.807) is 42.5 Å². The first-order valence-electron chi connectivity index (χ1n) is 12.3. The highest BCUT2D eigenvalue weighted by atomic mass is 35.5. The number of urea groups is 2. The standard InChI is InChI=1S/C28H27Cl2N7O3/c1-31-27(39)34-22-12-9-20(29)14-19(22)15-32-28(40)35-23(13-17-5-3-2-4-6-17)26-36-24(25(30)37-26)18-7-10-21(11-8-18)33-16-38/h2-12,14,16,23H,13,15H2,1H3,(H,33,38)(H,36,37)(H2,31,34,39)(H2,32,35,40)/t23-/m0/s1. The van der Waals surface area contributed by atoms with E-state index in [4.69, 9.17) is 28.2 Å². The molecule has 12 heteroatoms. The molecule has 0 bridgehead atoms. The van der Waals surface area contributed by atoms with Crippen LogP contribution in [0.25, 0.3) is 11.3 Å². The summed E-state index contributed by atoms with van der Waals surface area (Å²) in [7, 11) is 1.51. The predicted molar refractivity (Wildman–Crippen MR) is 157 cm³/mol. The van der Waals surface area contributed by atoms with Crippen LogP contribution in [-0.4, -0.2) is 35.5 Å². The van der Waals surface area contributed by atoms with Crippen molar-refractivity contribution in [1.82, 2.24) is 25.9 Å². The maximum Gasteiger partial charge on any atom is 0.318 e. The normalized spacial score (nSPS) is 11.3. The Morgan fingerprint density at radius 3 is 2.45 bits per heavy atom. The molecule has 0 aliphatic rings. The van der Waals surface area contributed by atoms with Crippen molar-refractivity contribution in [1.29, 1.82) is 0 Å². The third-order valence-electron chi connectivity index (χ3n) is 5.96. The molecule has 0 fully saturated rings. The fraction of sp³-hybridized carbons (Fsp3) is 0.143. The van der Waals surface area contributed by atoms with E-state index in [9.17, 15) is 14.4 Å². The molecule has 0 saturated heterocycles. The fourth-order valence-corrected chi connectivity index (χ4v) is 4.43. The quantitative estimate of drug-likeness (QED) is 0.138. The number of benzene rings is 3. The number of carbonyl (C=O) groups excluding carboxylic acids is 3. The number of nitrogens with one attached hydrogen (secondary N) is 6. The molecule has 1 atom stereocenters. The molecule has 0 unspecified atom stereocenters. The maximum atomic E-state index is 13.1. The van der Waals surface area contributed by atoms with Gasteiger partial charge in [-0.05, 0) is 47.9 Å². The van der Waals surface area contributed by atoms with Crippen LogP contribution in [0.5, 0.6) is 0 Å². The predicted octanol–water partition coefficient (Wildman–Crippen LogP) is 5.49. The first-order chi connectivity index (χ1) is 19.4. The fourth-order valence-electron chi connectivity index (χ4n) is 3.98. The lowest BCUT2D eigenvalue weighted by atomic mass is 10.1. The highest BCUT2D eigenvalue weighted by Crippen LogP contribution is 2.29. The van der Waals surface area contributed by atoms with E-state index in [0.29, 0.717) is 51.5 Å². The molecule has 40 heavy (non-hydrogen) atoms. The van der Waals surface area contributed by atoms with Gasteiger partial charge in [-0.1, -0.05) is 65.7 Å². The van der Waals surface area contributed by atoms with Crippen LogP contribution in [0.3, 0.4) is 0 Å². The number of halogens is 2. The molecule has 1 heterocycles. The number of amides is 5. The van der Waals surface area contributed by atoms with Gasteiger partial charge in [0.1, 0.15) is 16.7 Å². The number of hydrogen-bond donors (Lipinski definition) is 6. The first-order valence-corrected chi connectivity index (χ1v) is 13.0. The third-order valence-corrected chi connectivity index (χ3v) is 6.47. The number of nitrogens with zero attached hydrogens (tertiary/aromatic N) is 1. The van der Waals surface area contributed by atoms with E-state index in [1.165, 1.54) is 7.05 Å². The van der Waals surface area contributed by atoms with Crippen LogP contribution in [0.1, 0.15) is 23.0 Å². The van der Waals surface area contributed by atoms with Crippen LogP contribution in [0.15, 0.2) is 72.8 Å². The molecule has 0 radical (unpaired) electrons. The Morgan fingerprint density at radius 2 is 1.75 bits per heavy atom. The van der Waals surface area contributed by atoms with Gasteiger partial charge < -0.3 is 31.6 Å². The van der Waals surface area contributed by atoms with E-state index in [2.05, 4.69) is 31.6 Å². The maximum absolute atomic E-state index is 13.1. The summed E-state index contributed by atoms with van der Waals surface area (Å²) in [4.78, 5) is 43.4. The number of rotatable bonds is 10. The summed E-state index contributed by atoms with van der Waals surface area (Å²) in [6, 6.07) is 20.3. The lowest BCUT2D eigenvalue weighted by molar-refractivity contribution is -0.105. The zero-order valence-electron chi connectivity index (χ0n) is 21.4. The lowest BCUT2D eigenvalue weighted by Gasteiger charge is -2.18. The SMILES string of the molecule is CNC(=O)Nc1ccc(Cl)cc1CNC(=O)N[C@@H](Cc1ccccc1)c1nc(-c2ccc(NC=O)cc2)c(Cl)[nH]1. The summed E-state index contributed by atoms with van der Waals surface area (Å²) in [5.41, 5.74) is 4.02. The van der Waals surface area contributed by atoms with Gasteiger partial charge in [-0.2, -0.15) is 0 Å². The number of anilines is 2. The van der Waals surface area contributed by atoms with Gasteiger partial charge in [-0.25, -0.2) is 14.6 Å². The van der Waals surface area contributed by atoms with Gasteiger partial charge in [0.05, 0.1) is 6.04 Å². The van der Waals surface area contributed by atoms with Crippen LogP contribution in [0.2, 0.25) is 10.2 Å². The van der Waals surface area contributed by atoms with Crippen molar-refractivity contribution in [2.75, 3.05) is 17.7 Å². The van der Waals surface area contributed by atoms with Crippen molar-refractivity contribution in [3.05, 3.63) is 99.9 Å². The molecule has 1 aromatic heterocycles. The summed E-state index contributed by atoms with van der Waals surface area (Å²) in [5.74, 6) is 0.471. The molecule has 0 aliphatic heterocycles. The Kier molecular flexibility index (Phi) is 9.61. The molecular weight excluding hydrogens is 553 g/mol. The van der Waals surface area contributed by atoms with Gasteiger partial charge in [0, 0.05) is 35.6 Å². The first kappa shape index (κ1) is 28.5. The Balaban J connectivity index is 1.53. The number of H-pyrrole nitrogens is 1. The van der Waals surface area contributed by atoms with Crippen LogP contribution in [0.4, 0.5) is 21.0 Å². The molecular formula is C28H27Cl2N7O3. The second-order valence-corrected chi connectivity index (χ2v) is 9.51. The zero-order valence-corrected chi connectivity index (χ0v) is 22.9. The summed E-state index contributed by atoms with van der Waals surface area (Å²) in [5, 5.41) is 14.4. The van der Waals surface area contributed by atoms with E-state index >= 15 is 0 Å². The number of aromatic amines is 1. The molecule has 0 saturated carbocycles. The minimum atomic E-state index is -0.549. The minimum Gasteiger partial charge on any atom is -0.341 e. The smallest absolute Gasteiger partial charge is 0.318 e. The van der Waals surface area contributed by atoms with Gasteiger partial charge in [-0.3, -0.25) is 4.79 Å². The van der Waals surface area contributed by atoms with Gasteiger partial charge in [0.2, 0.25) is 6.41 Å². The summed E-state index contributed by atoms with van der Waals surface area (Å²) < 4.78 is 0. The molecule has 4 rings (SSSR count). The minimum absolute atomic E-state index is 0.106. The van der Waals surface area contributed by atoms with Crippen molar-refractivity contribution in [2.45, 2.75) is 19.0 Å². The molecule has 6 N–H and O–H groups in total. The largest absolute Gasteiger partial charge is 0.341 e. The molecule has 10 nitrogen and oxygen atoms in total. The summed E-state index contributed by atoms with van der Waals surface area (Å²) >= 11 is 12.7. The molecule has 0 aliphatic carbocycles. The number of imidazole rings is 1. The highest BCUT2D eigenvalue weighted by Gasteiger charge is 2.22. The van der Waals surface area contributed by atoms with Crippen LogP contribution in [-0.2, 0) is 17.8 Å². The average molecular weight is 580 g/mol. The molecule has 206 valence electrons. The third kappa shape index (κ3) is 7.52. The van der Waals surface area contributed by atoms with E-state index in [-0.39, 0.29) is 6.54 Å². The summed E-state index contributed by atoms with van der Waals surface area (Å²) in [6.45, 7) is 0.106. The van der Waals surface area contributed by atoms with Crippen molar-refractivity contribution >= 4 is 53.0 Å². The lowest BCUT2D eigenvalue weighted by Crippen LogP contribution is -2.39. The molecule has 0 spiro atoms.